The van der Waals surface area contributed by atoms with E-state index in [1.807, 2.05) is 30.3 Å². The molecule has 6 nitrogen and oxygen atoms in total. The molecule has 0 saturated heterocycles. The molecule has 148 valence electrons. The summed E-state index contributed by atoms with van der Waals surface area (Å²) in [7, 11) is 1.51. The number of carbonyl (C=O) groups excluding carboxylic acids is 2. The number of rotatable bonds is 6. The molecule has 0 heterocycles. The SMILES string of the molecule is COc1ccc(Cl)cc1NC(=O)CC(C)=NNC(=O)c1ccc2ccccc2c1. The topological polar surface area (TPSA) is 79.8 Å². The van der Waals surface area contributed by atoms with Crippen molar-refractivity contribution in [2.45, 2.75) is 13.3 Å². The van der Waals surface area contributed by atoms with E-state index >= 15 is 0 Å². The molecule has 0 spiro atoms. The van der Waals surface area contributed by atoms with Gasteiger partial charge in [0.15, 0.2) is 0 Å². The summed E-state index contributed by atoms with van der Waals surface area (Å²) in [4.78, 5) is 24.6. The van der Waals surface area contributed by atoms with E-state index in [1.54, 1.807) is 37.3 Å². The predicted molar refractivity (Wildman–Crippen MR) is 116 cm³/mol. The Labute approximate surface area is 173 Å². The van der Waals surface area contributed by atoms with Gasteiger partial charge in [-0.15, -0.1) is 0 Å². The van der Waals surface area contributed by atoms with E-state index in [9.17, 15) is 9.59 Å². The van der Waals surface area contributed by atoms with Gasteiger partial charge in [0.2, 0.25) is 5.91 Å². The van der Waals surface area contributed by atoms with E-state index in [0.29, 0.717) is 27.7 Å². The highest BCUT2D eigenvalue weighted by Gasteiger charge is 2.11. The molecule has 3 aromatic carbocycles. The maximum Gasteiger partial charge on any atom is 0.271 e. The maximum atomic E-state index is 12.3. The second-order valence-electron chi connectivity index (χ2n) is 6.42. The van der Waals surface area contributed by atoms with Gasteiger partial charge in [-0.2, -0.15) is 5.10 Å². The van der Waals surface area contributed by atoms with Crippen LogP contribution in [-0.4, -0.2) is 24.6 Å². The minimum absolute atomic E-state index is 0.00761. The number of carbonyl (C=O) groups is 2. The molecule has 0 unspecified atom stereocenters. The summed E-state index contributed by atoms with van der Waals surface area (Å²) < 4.78 is 5.20. The standard InChI is InChI=1S/C22H20ClN3O3/c1-14(11-21(27)24-19-13-18(23)9-10-20(19)29-2)25-26-22(28)17-8-7-15-5-3-4-6-16(15)12-17/h3-10,12-13H,11H2,1-2H3,(H,24,27)(H,26,28). The van der Waals surface area contributed by atoms with Gasteiger partial charge in [0.05, 0.1) is 19.2 Å². The molecular weight excluding hydrogens is 390 g/mol. The molecule has 0 atom stereocenters. The van der Waals surface area contributed by atoms with Gasteiger partial charge in [0, 0.05) is 16.3 Å². The van der Waals surface area contributed by atoms with Crippen LogP contribution in [0.3, 0.4) is 0 Å². The van der Waals surface area contributed by atoms with Gasteiger partial charge in [0.25, 0.3) is 5.91 Å². The van der Waals surface area contributed by atoms with Crippen LogP contribution in [-0.2, 0) is 4.79 Å². The number of halogens is 1. The molecule has 0 radical (unpaired) electrons. The fourth-order valence-electron chi connectivity index (χ4n) is 2.79. The van der Waals surface area contributed by atoms with Crippen molar-refractivity contribution in [3.05, 3.63) is 71.2 Å². The zero-order chi connectivity index (χ0) is 20.8. The number of nitrogens with one attached hydrogen (secondary N) is 2. The second-order valence-corrected chi connectivity index (χ2v) is 6.86. The van der Waals surface area contributed by atoms with E-state index in [0.717, 1.165) is 10.8 Å². The molecule has 0 aliphatic rings. The van der Waals surface area contributed by atoms with Crippen molar-refractivity contribution in [1.29, 1.82) is 0 Å². The Morgan fingerprint density at radius 1 is 1.03 bits per heavy atom. The highest BCUT2D eigenvalue weighted by atomic mass is 35.5. The number of anilines is 1. The first-order valence-electron chi connectivity index (χ1n) is 8.92. The number of hydrogen-bond donors (Lipinski definition) is 2. The highest BCUT2D eigenvalue weighted by Crippen LogP contribution is 2.27. The lowest BCUT2D eigenvalue weighted by atomic mass is 10.1. The minimum atomic E-state index is -0.341. The van der Waals surface area contributed by atoms with Crippen molar-refractivity contribution in [1.82, 2.24) is 5.43 Å². The molecule has 2 amide bonds. The third-order valence-corrected chi connectivity index (χ3v) is 4.45. The van der Waals surface area contributed by atoms with Crippen molar-refractivity contribution in [3.8, 4) is 5.75 Å². The molecule has 0 bridgehead atoms. The zero-order valence-corrected chi connectivity index (χ0v) is 16.8. The first-order valence-corrected chi connectivity index (χ1v) is 9.30. The number of benzene rings is 3. The Kier molecular flexibility index (Phi) is 6.46. The van der Waals surface area contributed by atoms with Gasteiger partial charge in [0.1, 0.15) is 5.75 Å². The van der Waals surface area contributed by atoms with Crippen molar-refractivity contribution >= 4 is 45.6 Å². The van der Waals surface area contributed by atoms with Crippen LogP contribution < -0.4 is 15.5 Å². The largest absolute Gasteiger partial charge is 0.495 e. The van der Waals surface area contributed by atoms with E-state index in [-0.39, 0.29) is 18.2 Å². The molecule has 7 heteroatoms. The summed E-state index contributed by atoms with van der Waals surface area (Å²) >= 11 is 5.96. The lowest BCUT2D eigenvalue weighted by molar-refractivity contribution is -0.115. The smallest absolute Gasteiger partial charge is 0.271 e. The Morgan fingerprint density at radius 2 is 1.79 bits per heavy atom. The van der Waals surface area contributed by atoms with Crippen molar-refractivity contribution in [2.24, 2.45) is 5.10 Å². The molecule has 3 aromatic rings. The van der Waals surface area contributed by atoms with Gasteiger partial charge in [-0.25, -0.2) is 5.43 Å². The first kappa shape index (κ1) is 20.4. The number of ether oxygens (including phenoxy) is 1. The zero-order valence-electron chi connectivity index (χ0n) is 16.0. The van der Waals surface area contributed by atoms with Crippen LogP contribution in [0, 0.1) is 0 Å². The number of methoxy groups -OCH3 is 1. The van der Waals surface area contributed by atoms with Crippen LogP contribution in [0.1, 0.15) is 23.7 Å². The Hall–Kier alpha value is -3.38. The third-order valence-electron chi connectivity index (χ3n) is 4.21. The average molecular weight is 410 g/mol. The van der Waals surface area contributed by atoms with Gasteiger partial charge in [-0.3, -0.25) is 9.59 Å². The number of hydrogen-bond acceptors (Lipinski definition) is 4. The van der Waals surface area contributed by atoms with E-state index in [1.165, 1.54) is 7.11 Å². The molecule has 0 aromatic heterocycles. The Balaban J connectivity index is 1.61. The number of nitrogens with zero attached hydrogens (tertiary/aromatic N) is 1. The number of hydrazone groups is 1. The monoisotopic (exact) mass is 409 g/mol. The average Bonchev–Trinajstić information content (AvgIpc) is 2.71. The van der Waals surface area contributed by atoms with Crippen LogP contribution >= 0.6 is 11.6 Å². The number of fused-ring (bicyclic) bond motifs is 1. The summed E-state index contributed by atoms with van der Waals surface area (Å²) in [5.74, 6) is -0.138. The van der Waals surface area contributed by atoms with Gasteiger partial charge < -0.3 is 10.1 Å². The highest BCUT2D eigenvalue weighted by molar-refractivity contribution is 6.31. The summed E-state index contributed by atoms with van der Waals surface area (Å²) in [6, 6.07) is 18.1. The number of amides is 2. The third kappa shape index (κ3) is 5.33. The molecule has 29 heavy (non-hydrogen) atoms. The van der Waals surface area contributed by atoms with E-state index in [2.05, 4.69) is 15.8 Å². The fourth-order valence-corrected chi connectivity index (χ4v) is 2.96. The second kappa shape index (κ2) is 9.21. The summed E-state index contributed by atoms with van der Waals surface area (Å²) in [6.07, 6.45) is 0.00761. The van der Waals surface area contributed by atoms with Crippen LogP contribution in [0.4, 0.5) is 5.69 Å². The van der Waals surface area contributed by atoms with Crippen LogP contribution in [0.5, 0.6) is 5.75 Å². The summed E-state index contributed by atoms with van der Waals surface area (Å²) in [6.45, 7) is 1.66. The van der Waals surface area contributed by atoms with Gasteiger partial charge >= 0.3 is 0 Å². The molecule has 2 N–H and O–H groups in total. The molecule has 0 aliphatic carbocycles. The normalized spacial score (nSPS) is 11.2. The predicted octanol–water partition coefficient (Wildman–Crippen LogP) is 4.64. The lowest BCUT2D eigenvalue weighted by Crippen LogP contribution is -2.21. The van der Waals surface area contributed by atoms with Crippen molar-refractivity contribution in [2.75, 3.05) is 12.4 Å². The summed E-state index contributed by atoms with van der Waals surface area (Å²) in [5.41, 5.74) is 3.91. The van der Waals surface area contributed by atoms with Crippen molar-refractivity contribution in [3.63, 3.8) is 0 Å². The van der Waals surface area contributed by atoms with E-state index in [4.69, 9.17) is 16.3 Å². The molecule has 0 fully saturated rings. The van der Waals surface area contributed by atoms with E-state index < -0.39 is 0 Å². The lowest BCUT2D eigenvalue weighted by Gasteiger charge is -2.10. The van der Waals surface area contributed by atoms with Crippen LogP contribution in [0.2, 0.25) is 5.02 Å². The quantitative estimate of drug-likeness (QED) is 0.460. The van der Waals surface area contributed by atoms with Crippen LogP contribution in [0.25, 0.3) is 10.8 Å². The Bertz CT molecular complexity index is 1100. The maximum absolute atomic E-state index is 12.3. The minimum Gasteiger partial charge on any atom is -0.495 e. The molecule has 0 aliphatic heterocycles. The summed E-state index contributed by atoms with van der Waals surface area (Å²) in [5, 5.41) is 9.25. The fraction of sp³-hybridized carbons (Fsp3) is 0.136. The Morgan fingerprint density at radius 3 is 2.55 bits per heavy atom. The molecular formula is C22H20ClN3O3. The van der Waals surface area contributed by atoms with Gasteiger partial charge in [-0.1, -0.05) is 41.9 Å². The molecule has 0 saturated carbocycles. The van der Waals surface area contributed by atoms with Crippen LogP contribution in [0.15, 0.2) is 65.8 Å². The van der Waals surface area contributed by atoms with Gasteiger partial charge in [-0.05, 0) is 48.0 Å². The first-order chi connectivity index (χ1) is 14.0. The van der Waals surface area contributed by atoms with Crippen molar-refractivity contribution < 1.29 is 14.3 Å². The molecule has 3 rings (SSSR count).